The SMILES string of the molecule is COc1ccc(S(=O)(=O)NCc2ccccn2)cc1CO. The van der Waals surface area contributed by atoms with Crippen LogP contribution in [0.3, 0.4) is 0 Å². The fraction of sp³-hybridized carbons (Fsp3) is 0.214. The maximum atomic E-state index is 12.2. The topological polar surface area (TPSA) is 88.5 Å². The van der Waals surface area contributed by atoms with Gasteiger partial charge >= 0.3 is 0 Å². The second-order valence-electron chi connectivity index (χ2n) is 4.28. The highest BCUT2D eigenvalue weighted by Crippen LogP contribution is 2.22. The first-order valence-electron chi connectivity index (χ1n) is 6.24. The first-order chi connectivity index (χ1) is 10.1. The predicted octanol–water partition coefficient (Wildman–Crippen LogP) is 1.06. The second-order valence-corrected chi connectivity index (χ2v) is 6.04. The summed E-state index contributed by atoms with van der Waals surface area (Å²) in [7, 11) is -2.21. The van der Waals surface area contributed by atoms with E-state index in [1.54, 1.807) is 24.4 Å². The Labute approximate surface area is 123 Å². The van der Waals surface area contributed by atoms with Crippen LogP contribution in [-0.2, 0) is 23.2 Å². The molecule has 0 atom stereocenters. The maximum Gasteiger partial charge on any atom is 0.240 e. The Hall–Kier alpha value is -1.96. The van der Waals surface area contributed by atoms with Crippen molar-refractivity contribution in [1.82, 2.24) is 9.71 Å². The van der Waals surface area contributed by atoms with Crippen LogP contribution in [0.15, 0.2) is 47.5 Å². The molecule has 2 N–H and O–H groups in total. The summed E-state index contributed by atoms with van der Waals surface area (Å²) in [5, 5.41) is 9.24. The zero-order valence-electron chi connectivity index (χ0n) is 11.5. The third-order valence-corrected chi connectivity index (χ3v) is 4.30. The molecule has 0 aliphatic rings. The van der Waals surface area contributed by atoms with Crippen molar-refractivity contribution in [3.8, 4) is 5.75 Å². The molecule has 2 aromatic rings. The Morgan fingerprint density at radius 1 is 1.29 bits per heavy atom. The van der Waals surface area contributed by atoms with Crippen molar-refractivity contribution in [2.45, 2.75) is 18.0 Å². The molecule has 1 heterocycles. The van der Waals surface area contributed by atoms with Crippen LogP contribution >= 0.6 is 0 Å². The Kier molecular flexibility index (Phi) is 4.89. The number of hydrogen-bond acceptors (Lipinski definition) is 5. The lowest BCUT2D eigenvalue weighted by molar-refractivity contribution is 0.273. The summed E-state index contributed by atoms with van der Waals surface area (Å²) in [6.07, 6.45) is 1.60. The van der Waals surface area contributed by atoms with Crippen LogP contribution in [0.2, 0.25) is 0 Å². The molecule has 0 aliphatic heterocycles. The number of nitrogens with one attached hydrogen (secondary N) is 1. The molecular weight excluding hydrogens is 292 g/mol. The van der Waals surface area contributed by atoms with Crippen LogP contribution in [0.1, 0.15) is 11.3 Å². The Bertz CT molecular complexity index is 702. The normalized spacial score (nSPS) is 11.3. The summed E-state index contributed by atoms with van der Waals surface area (Å²) in [6.45, 7) is -0.198. The fourth-order valence-corrected chi connectivity index (χ4v) is 2.85. The average molecular weight is 308 g/mol. The van der Waals surface area contributed by atoms with Crippen molar-refractivity contribution in [3.63, 3.8) is 0 Å². The summed E-state index contributed by atoms with van der Waals surface area (Å²) >= 11 is 0. The van der Waals surface area contributed by atoms with E-state index in [-0.39, 0.29) is 18.0 Å². The first kappa shape index (κ1) is 15.4. The number of aliphatic hydroxyl groups is 1. The van der Waals surface area contributed by atoms with E-state index in [2.05, 4.69) is 9.71 Å². The number of pyridine rings is 1. The van der Waals surface area contributed by atoms with Gasteiger partial charge in [0.05, 0.1) is 30.9 Å². The smallest absolute Gasteiger partial charge is 0.240 e. The summed E-state index contributed by atoms with van der Waals surface area (Å²) in [4.78, 5) is 4.12. The molecule has 21 heavy (non-hydrogen) atoms. The minimum Gasteiger partial charge on any atom is -0.496 e. The molecule has 0 bridgehead atoms. The third kappa shape index (κ3) is 3.78. The van der Waals surface area contributed by atoms with Gasteiger partial charge in [-0.25, -0.2) is 13.1 Å². The molecule has 6 nitrogen and oxygen atoms in total. The molecule has 0 spiro atoms. The van der Waals surface area contributed by atoms with Crippen LogP contribution in [0.25, 0.3) is 0 Å². The molecule has 0 radical (unpaired) electrons. The number of ether oxygens (including phenoxy) is 1. The lowest BCUT2D eigenvalue weighted by Crippen LogP contribution is -2.23. The van der Waals surface area contributed by atoms with Crippen molar-refractivity contribution >= 4 is 10.0 Å². The Morgan fingerprint density at radius 3 is 2.71 bits per heavy atom. The van der Waals surface area contributed by atoms with Crippen LogP contribution < -0.4 is 9.46 Å². The van der Waals surface area contributed by atoms with Crippen molar-refractivity contribution in [3.05, 3.63) is 53.9 Å². The lowest BCUT2D eigenvalue weighted by Gasteiger charge is -2.10. The van der Waals surface area contributed by atoms with Gasteiger partial charge in [-0.3, -0.25) is 4.98 Å². The van der Waals surface area contributed by atoms with Gasteiger partial charge in [0, 0.05) is 11.8 Å². The number of rotatable bonds is 6. The number of aliphatic hydroxyl groups excluding tert-OH is 1. The molecule has 0 fully saturated rings. The molecule has 2 rings (SSSR count). The molecule has 0 amide bonds. The average Bonchev–Trinajstić information content (AvgIpc) is 2.53. The maximum absolute atomic E-state index is 12.2. The van der Waals surface area contributed by atoms with Gasteiger partial charge < -0.3 is 9.84 Å². The molecule has 0 unspecified atom stereocenters. The van der Waals surface area contributed by atoms with E-state index in [0.717, 1.165) is 0 Å². The van der Waals surface area contributed by atoms with Gasteiger partial charge in [-0.1, -0.05) is 6.07 Å². The minimum absolute atomic E-state index is 0.0725. The van der Waals surface area contributed by atoms with E-state index in [9.17, 15) is 13.5 Å². The summed E-state index contributed by atoms with van der Waals surface area (Å²) < 4.78 is 31.9. The van der Waals surface area contributed by atoms with E-state index in [4.69, 9.17) is 4.74 Å². The van der Waals surface area contributed by atoms with Crippen molar-refractivity contribution in [2.24, 2.45) is 0 Å². The molecule has 0 aliphatic carbocycles. The van der Waals surface area contributed by atoms with E-state index < -0.39 is 10.0 Å². The molecule has 1 aromatic carbocycles. The Balaban J connectivity index is 2.19. The highest BCUT2D eigenvalue weighted by atomic mass is 32.2. The summed E-state index contributed by atoms with van der Waals surface area (Å²) in [5.74, 6) is 0.446. The van der Waals surface area contributed by atoms with E-state index in [0.29, 0.717) is 17.0 Å². The predicted molar refractivity (Wildman–Crippen MR) is 77.2 cm³/mol. The third-order valence-electron chi connectivity index (χ3n) is 2.90. The number of hydrogen-bond donors (Lipinski definition) is 2. The van der Waals surface area contributed by atoms with Gasteiger partial charge in [0.15, 0.2) is 0 Å². The molecule has 112 valence electrons. The van der Waals surface area contributed by atoms with E-state index >= 15 is 0 Å². The zero-order valence-corrected chi connectivity index (χ0v) is 12.3. The molecule has 7 heteroatoms. The lowest BCUT2D eigenvalue weighted by atomic mass is 10.2. The second kappa shape index (κ2) is 6.66. The fourth-order valence-electron chi connectivity index (χ4n) is 1.80. The molecule has 0 saturated heterocycles. The van der Waals surface area contributed by atoms with Crippen molar-refractivity contribution in [1.29, 1.82) is 0 Å². The van der Waals surface area contributed by atoms with Crippen LogP contribution in [0, 0.1) is 0 Å². The van der Waals surface area contributed by atoms with Gasteiger partial charge in [0.25, 0.3) is 0 Å². The van der Waals surface area contributed by atoms with Crippen LogP contribution in [0.5, 0.6) is 5.75 Å². The summed E-state index contributed by atoms with van der Waals surface area (Å²) in [6, 6.07) is 9.61. The highest BCUT2D eigenvalue weighted by Gasteiger charge is 2.16. The van der Waals surface area contributed by atoms with Crippen LogP contribution in [-0.4, -0.2) is 25.6 Å². The number of sulfonamides is 1. The van der Waals surface area contributed by atoms with Crippen molar-refractivity contribution in [2.75, 3.05) is 7.11 Å². The zero-order chi connectivity index (χ0) is 15.3. The minimum atomic E-state index is -3.67. The first-order valence-corrected chi connectivity index (χ1v) is 7.72. The van der Waals surface area contributed by atoms with Crippen molar-refractivity contribution < 1.29 is 18.3 Å². The summed E-state index contributed by atoms with van der Waals surface area (Å²) in [5.41, 5.74) is 1.04. The largest absolute Gasteiger partial charge is 0.496 e. The number of methoxy groups -OCH3 is 1. The molecule has 0 saturated carbocycles. The molecular formula is C14H16N2O4S. The number of nitrogens with zero attached hydrogens (tertiary/aromatic N) is 1. The Morgan fingerprint density at radius 2 is 2.10 bits per heavy atom. The number of benzene rings is 1. The van der Waals surface area contributed by atoms with E-state index in [1.807, 2.05) is 0 Å². The monoisotopic (exact) mass is 308 g/mol. The van der Waals surface area contributed by atoms with Gasteiger partial charge in [0.1, 0.15) is 5.75 Å². The highest BCUT2D eigenvalue weighted by molar-refractivity contribution is 7.89. The van der Waals surface area contributed by atoms with E-state index in [1.165, 1.54) is 25.3 Å². The van der Waals surface area contributed by atoms with Gasteiger partial charge in [0.2, 0.25) is 10.0 Å². The van der Waals surface area contributed by atoms with Crippen LogP contribution in [0.4, 0.5) is 0 Å². The van der Waals surface area contributed by atoms with Gasteiger partial charge in [-0.2, -0.15) is 0 Å². The molecule has 1 aromatic heterocycles. The van der Waals surface area contributed by atoms with Gasteiger partial charge in [-0.15, -0.1) is 0 Å². The number of aromatic nitrogens is 1. The standard InChI is InChI=1S/C14H16N2O4S/c1-20-14-6-5-13(8-11(14)10-17)21(18,19)16-9-12-4-2-3-7-15-12/h2-8,16-17H,9-10H2,1H3. The quantitative estimate of drug-likeness (QED) is 0.833. The van der Waals surface area contributed by atoms with Gasteiger partial charge in [-0.05, 0) is 30.3 Å².